The summed E-state index contributed by atoms with van der Waals surface area (Å²) in [5.41, 5.74) is -0.576. The van der Waals surface area contributed by atoms with E-state index < -0.39 is 10.5 Å². The lowest BCUT2D eigenvalue weighted by molar-refractivity contribution is -0.385. The predicted molar refractivity (Wildman–Crippen MR) is 97.4 cm³/mol. The molecule has 1 heterocycles. The van der Waals surface area contributed by atoms with Gasteiger partial charge in [0.1, 0.15) is 11.8 Å². The zero-order chi connectivity index (χ0) is 19.6. The molecule has 0 aliphatic rings. The van der Waals surface area contributed by atoms with E-state index in [1.54, 1.807) is 4.68 Å². The van der Waals surface area contributed by atoms with Gasteiger partial charge in [-0.25, -0.2) is 4.79 Å². The molecule has 0 saturated heterocycles. The average molecular weight is 370 g/mol. The summed E-state index contributed by atoms with van der Waals surface area (Å²) < 4.78 is 11.6. The first-order valence-corrected chi connectivity index (χ1v) is 8.95. The highest BCUT2D eigenvalue weighted by atomic mass is 16.6. The minimum atomic E-state index is -0.492. The topological polar surface area (TPSA) is 109 Å². The van der Waals surface area contributed by atoms with E-state index in [4.69, 9.17) is 9.47 Å². The SMILES string of the molecule is COc1nn(CCCCCCCCNC(=O)OC(C)(C)C)cc1[N+](=O)[O-]. The van der Waals surface area contributed by atoms with Crippen molar-refractivity contribution in [3.63, 3.8) is 0 Å². The molecule has 1 aromatic rings. The van der Waals surface area contributed by atoms with E-state index in [0.29, 0.717) is 13.1 Å². The lowest BCUT2D eigenvalue weighted by Gasteiger charge is -2.19. The maximum Gasteiger partial charge on any atom is 0.407 e. The number of amides is 1. The number of carbonyl (C=O) groups is 1. The molecule has 9 heteroatoms. The fourth-order valence-corrected chi connectivity index (χ4v) is 2.39. The Morgan fingerprint density at radius 3 is 2.38 bits per heavy atom. The highest BCUT2D eigenvalue weighted by molar-refractivity contribution is 5.67. The molecule has 1 aromatic heterocycles. The lowest BCUT2D eigenvalue weighted by Crippen LogP contribution is -2.32. The van der Waals surface area contributed by atoms with Crippen LogP contribution in [0, 0.1) is 10.1 Å². The van der Waals surface area contributed by atoms with Crippen LogP contribution in [0.2, 0.25) is 0 Å². The van der Waals surface area contributed by atoms with E-state index >= 15 is 0 Å². The van der Waals surface area contributed by atoms with Gasteiger partial charge in [0.2, 0.25) is 0 Å². The smallest absolute Gasteiger partial charge is 0.407 e. The van der Waals surface area contributed by atoms with Crippen molar-refractivity contribution in [2.75, 3.05) is 13.7 Å². The van der Waals surface area contributed by atoms with Crippen molar-refractivity contribution in [2.24, 2.45) is 0 Å². The van der Waals surface area contributed by atoms with Crippen LogP contribution in [-0.2, 0) is 11.3 Å². The molecule has 0 atom stereocenters. The van der Waals surface area contributed by atoms with Crippen LogP contribution in [0.4, 0.5) is 10.5 Å². The Balaban J connectivity index is 2.06. The Hall–Kier alpha value is -2.32. The summed E-state index contributed by atoms with van der Waals surface area (Å²) in [6, 6.07) is 0. The first-order chi connectivity index (χ1) is 12.2. The lowest BCUT2D eigenvalue weighted by atomic mass is 10.1. The van der Waals surface area contributed by atoms with E-state index in [1.807, 2.05) is 20.8 Å². The number of methoxy groups -OCH3 is 1. The Labute approximate surface area is 154 Å². The number of nitrogens with one attached hydrogen (secondary N) is 1. The van der Waals surface area contributed by atoms with E-state index in [0.717, 1.165) is 38.5 Å². The summed E-state index contributed by atoms with van der Waals surface area (Å²) >= 11 is 0. The first kappa shape index (κ1) is 21.7. The fraction of sp³-hybridized carbons (Fsp3) is 0.765. The number of rotatable bonds is 11. The van der Waals surface area contributed by atoms with Gasteiger partial charge < -0.3 is 14.8 Å². The Kier molecular flexibility index (Phi) is 8.87. The van der Waals surface area contributed by atoms with Crippen LogP contribution in [0.25, 0.3) is 0 Å². The molecule has 148 valence electrons. The molecule has 9 nitrogen and oxygen atoms in total. The molecule has 0 saturated carbocycles. The second kappa shape index (κ2) is 10.6. The monoisotopic (exact) mass is 370 g/mol. The van der Waals surface area contributed by atoms with Crippen molar-refractivity contribution in [3.05, 3.63) is 16.3 Å². The Morgan fingerprint density at radius 2 is 1.85 bits per heavy atom. The van der Waals surface area contributed by atoms with E-state index in [1.165, 1.54) is 13.3 Å². The van der Waals surface area contributed by atoms with Gasteiger partial charge >= 0.3 is 17.7 Å². The number of nitro groups is 1. The molecule has 0 spiro atoms. The molecular weight excluding hydrogens is 340 g/mol. The summed E-state index contributed by atoms with van der Waals surface area (Å²) in [6.45, 7) is 6.76. The molecule has 1 amide bonds. The summed E-state index contributed by atoms with van der Waals surface area (Å²) in [7, 11) is 1.37. The number of alkyl carbamates (subject to hydrolysis) is 1. The van der Waals surface area contributed by atoms with Crippen LogP contribution in [0.5, 0.6) is 5.88 Å². The molecular formula is C17H30N4O5. The highest BCUT2D eigenvalue weighted by Crippen LogP contribution is 2.24. The number of ether oxygens (including phenoxy) is 2. The third kappa shape index (κ3) is 8.68. The van der Waals surface area contributed by atoms with Gasteiger partial charge in [0.25, 0.3) is 0 Å². The van der Waals surface area contributed by atoms with Crippen molar-refractivity contribution in [3.8, 4) is 5.88 Å². The third-order valence-corrected chi connectivity index (χ3v) is 3.58. The number of aryl methyl sites for hydroxylation is 1. The molecule has 1 rings (SSSR count). The van der Waals surface area contributed by atoms with Crippen molar-refractivity contribution in [2.45, 2.75) is 71.4 Å². The predicted octanol–water partition coefficient (Wildman–Crippen LogP) is 3.67. The third-order valence-electron chi connectivity index (χ3n) is 3.58. The standard InChI is InChI=1S/C17H30N4O5/c1-17(2,3)26-16(22)18-11-9-7-5-6-8-10-12-20-13-14(21(23)24)15(19-20)25-4/h13H,5-12H2,1-4H3,(H,18,22). The molecule has 0 fully saturated rings. The van der Waals surface area contributed by atoms with E-state index in [-0.39, 0.29) is 17.7 Å². The van der Waals surface area contributed by atoms with Crippen molar-refractivity contribution in [1.29, 1.82) is 0 Å². The first-order valence-electron chi connectivity index (χ1n) is 8.95. The zero-order valence-electron chi connectivity index (χ0n) is 16.1. The summed E-state index contributed by atoms with van der Waals surface area (Å²) in [6.07, 6.45) is 7.07. The van der Waals surface area contributed by atoms with Crippen molar-refractivity contribution >= 4 is 11.8 Å². The van der Waals surface area contributed by atoms with Crippen molar-refractivity contribution < 1.29 is 19.2 Å². The molecule has 0 aromatic carbocycles. The molecule has 0 aliphatic carbocycles. The number of aromatic nitrogens is 2. The molecule has 1 N–H and O–H groups in total. The summed E-state index contributed by atoms with van der Waals surface area (Å²) in [5.74, 6) is 0.0486. The number of unbranched alkanes of at least 4 members (excludes halogenated alkanes) is 5. The van der Waals surface area contributed by atoms with Gasteiger partial charge in [-0.05, 0) is 33.6 Å². The maximum absolute atomic E-state index is 11.5. The van der Waals surface area contributed by atoms with Crippen LogP contribution < -0.4 is 10.1 Å². The Bertz CT molecular complexity index is 580. The number of hydrogen-bond acceptors (Lipinski definition) is 6. The van der Waals surface area contributed by atoms with Crippen LogP contribution in [0.15, 0.2) is 6.20 Å². The van der Waals surface area contributed by atoms with E-state index in [2.05, 4.69) is 10.4 Å². The molecule has 0 bridgehead atoms. The summed E-state index contributed by atoms with van der Waals surface area (Å²) in [5, 5.41) is 17.6. The quantitative estimate of drug-likeness (QED) is 0.362. The van der Waals surface area contributed by atoms with Crippen LogP contribution in [-0.4, -0.2) is 40.1 Å². The highest BCUT2D eigenvalue weighted by Gasteiger charge is 2.19. The number of nitrogens with zero attached hydrogens (tertiary/aromatic N) is 3. The van der Waals surface area contributed by atoms with Gasteiger partial charge in [-0.15, -0.1) is 5.10 Å². The maximum atomic E-state index is 11.5. The molecule has 0 aliphatic heterocycles. The Morgan fingerprint density at radius 1 is 1.23 bits per heavy atom. The van der Waals surface area contributed by atoms with Gasteiger partial charge in [-0.1, -0.05) is 25.7 Å². The number of hydrogen-bond donors (Lipinski definition) is 1. The van der Waals surface area contributed by atoms with Gasteiger partial charge in [0.15, 0.2) is 0 Å². The molecule has 0 radical (unpaired) electrons. The summed E-state index contributed by atoms with van der Waals surface area (Å²) in [4.78, 5) is 21.8. The van der Waals surface area contributed by atoms with E-state index in [9.17, 15) is 14.9 Å². The van der Waals surface area contributed by atoms with Crippen LogP contribution >= 0.6 is 0 Å². The minimum absolute atomic E-state index is 0.0486. The normalized spacial score (nSPS) is 11.2. The fourth-order valence-electron chi connectivity index (χ4n) is 2.39. The van der Waals surface area contributed by atoms with Gasteiger partial charge in [0.05, 0.1) is 12.0 Å². The number of carbonyl (C=O) groups excluding carboxylic acids is 1. The minimum Gasteiger partial charge on any atom is -0.475 e. The van der Waals surface area contributed by atoms with Gasteiger partial charge in [-0.2, -0.15) is 0 Å². The van der Waals surface area contributed by atoms with Crippen molar-refractivity contribution in [1.82, 2.24) is 15.1 Å². The van der Waals surface area contributed by atoms with Crippen LogP contribution in [0.1, 0.15) is 59.3 Å². The zero-order valence-corrected chi connectivity index (χ0v) is 16.1. The van der Waals surface area contributed by atoms with Gasteiger partial charge in [0, 0.05) is 13.1 Å². The largest absolute Gasteiger partial charge is 0.475 e. The second-order valence-corrected chi connectivity index (χ2v) is 7.09. The molecule has 0 unspecified atom stereocenters. The average Bonchev–Trinajstić information content (AvgIpc) is 2.95. The van der Waals surface area contributed by atoms with Crippen LogP contribution in [0.3, 0.4) is 0 Å². The second-order valence-electron chi connectivity index (χ2n) is 7.09. The van der Waals surface area contributed by atoms with Gasteiger partial charge in [-0.3, -0.25) is 14.8 Å². The molecule has 26 heavy (non-hydrogen) atoms.